The van der Waals surface area contributed by atoms with Crippen molar-refractivity contribution in [2.45, 2.75) is 39.8 Å². The highest BCUT2D eigenvalue weighted by Crippen LogP contribution is 2.17. The van der Waals surface area contributed by atoms with Crippen LogP contribution in [0.3, 0.4) is 0 Å². The third-order valence-corrected chi connectivity index (χ3v) is 4.69. The predicted octanol–water partition coefficient (Wildman–Crippen LogP) is 2.30. The second-order valence-corrected chi connectivity index (χ2v) is 8.24. The summed E-state index contributed by atoms with van der Waals surface area (Å²) in [7, 11) is 1.68. The fraction of sp³-hybridized carbons (Fsp3) is 0.636. The van der Waals surface area contributed by atoms with Crippen molar-refractivity contribution in [3.63, 3.8) is 0 Å². The number of benzene rings is 1. The van der Waals surface area contributed by atoms with Gasteiger partial charge in [0.15, 0.2) is 5.96 Å². The number of hydrogen-bond acceptors (Lipinski definition) is 5. The highest BCUT2D eigenvalue weighted by molar-refractivity contribution is 5.79. The van der Waals surface area contributed by atoms with Gasteiger partial charge in [-0.25, -0.2) is 9.79 Å². The van der Waals surface area contributed by atoms with Gasteiger partial charge in [0.25, 0.3) is 0 Å². The Kier molecular flexibility index (Phi) is 9.23. The van der Waals surface area contributed by atoms with E-state index in [-0.39, 0.29) is 6.09 Å². The molecule has 2 N–H and O–H groups in total. The third-order valence-electron chi connectivity index (χ3n) is 4.69. The first-order valence-corrected chi connectivity index (χ1v) is 10.7. The van der Waals surface area contributed by atoms with Crippen LogP contribution in [-0.4, -0.2) is 80.4 Å². The fourth-order valence-corrected chi connectivity index (χ4v) is 3.15. The third kappa shape index (κ3) is 8.10. The summed E-state index contributed by atoms with van der Waals surface area (Å²) in [5.74, 6) is 1.63. The standard InChI is InChI=1S/C22H37N5O3/c1-6-23-20(25-17-18-9-7-8-10-19(18)29-5)24-11-12-26-13-15-27(16-14-26)21(28)30-22(2,3)4/h7-10H,6,11-17H2,1-5H3,(H2,23,24,25). The van der Waals surface area contributed by atoms with Crippen molar-refractivity contribution in [3.8, 4) is 5.75 Å². The molecule has 0 atom stereocenters. The van der Waals surface area contributed by atoms with Crippen LogP contribution in [-0.2, 0) is 11.3 Å². The van der Waals surface area contributed by atoms with Crippen LogP contribution >= 0.6 is 0 Å². The largest absolute Gasteiger partial charge is 0.496 e. The lowest BCUT2D eigenvalue weighted by Crippen LogP contribution is -2.51. The first-order valence-electron chi connectivity index (χ1n) is 10.7. The average Bonchev–Trinajstić information content (AvgIpc) is 2.71. The molecule has 1 aliphatic rings. The molecule has 0 aliphatic carbocycles. The smallest absolute Gasteiger partial charge is 0.410 e. The Hall–Kier alpha value is -2.48. The summed E-state index contributed by atoms with van der Waals surface area (Å²) in [5.41, 5.74) is 0.597. The van der Waals surface area contributed by atoms with E-state index < -0.39 is 5.60 Å². The average molecular weight is 420 g/mol. The molecule has 0 spiro atoms. The normalized spacial score (nSPS) is 15.6. The maximum Gasteiger partial charge on any atom is 0.410 e. The van der Waals surface area contributed by atoms with Gasteiger partial charge in [-0.05, 0) is 33.8 Å². The Bertz CT molecular complexity index is 694. The van der Waals surface area contributed by atoms with E-state index in [0.717, 1.165) is 50.0 Å². The van der Waals surface area contributed by atoms with E-state index >= 15 is 0 Å². The summed E-state index contributed by atoms with van der Waals surface area (Å²) < 4.78 is 10.9. The molecule has 168 valence electrons. The molecule has 1 aliphatic heterocycles. The molecule has 8 heteroatoms. The molecule has 1 aromatic rings. The summed E-state index contributed by atoms with van der Waals surface area (Å²) in [6.07, 6.45) is -0.224. The van der Waals surface area contributed by atoms with Gasteiger partial charge in [0, 0.05) is 51.4 Å². The van der Waals surface area contributed by atoms with E-state index in [0.29, 0.717) is 19.6 Å². The summed E-state index contributed by atoms with van der Waals surface area (Å²) in [6, 6.07) is 7.92. The van der Waals surface area contributed by atoms with Crippen molar-refractivity contribution in [3.05, 3.63) is 29.8 Å². The Morgan fingerprint density at radius 1 is 1.13 bits per heavy atom. The SMILES string of the molecule is CCNC(=NCc1ccccc1OC)NCCN1CCN(C(=O)OC(C)(C)C)CC1. The van der Waals surface area contributed by atoms with E-state index in [2.05, 4.69) is 27.4 Å². The number of carbonyl (C=O) groups excluding carboxylic acids is 1. The fourth-order valence-electron chi connectivity index (χ4n) is 3.15. The summed E-state index contributed by atoms with van der Waals surface area (Å²) in [6.45, 7) is 13.8. The van der Waals surface area contributed by atoms with Crippen molar-refractivity contribution >= 4 is 12.1 Å². The molecule has 1 heterocycles. The number of amides is 1. The molecule has 0 saturated carbocycles. The molecule has 0 bridgehead atoms. The monoisotopic (exact) mass is 419 g/mol. The number of hydrogen-bond donors (Lipinski definition) is 2. The zero-order chi connectivity index (χ0) is 22.0. The quantitative estimate of drug-likeness (QED) is 0.522. The van der Waals surface area contributed by atoms with Gasteiger partial charge in [-0.3, -0.25) is 4.90 Å². The molecule has 2 rings (SSSR count). The van der Waals surface area contributed by atoms with Crippen molar-refractivity contribution in [2.75, 3.05) is 52.9 Å². The van der Waals surface area contributed by atoms with Crippen LogP contribution in [0, 0.1) is 0 Å². The summed E-state index contributed by atoms with van der Waals surface area (Å²) >= 11 is 0. The zero-order valence-corrected chi connectivity index (χ0v) is 19.0. The molecule has 0 aromatic heterocycles. The van der Waals surface area contributed by atoms with Gasteiger partial charge in [0.2, 0.25) is 0 Å². The zero-order valence-electron chi connectivity index (χ0n) is 19.0. The Morgan fingerprint density at radius 2 is 1.83 bits per heavy atom. The van der Waals surface area contributed by atoms with Gasteiger partial charge in [-0.15, -0.1) is 0 Å². The molecule has 1 fully saturated rings. The minimum atomic E-state index is -0.454. The van der Waals surface area contributed by atoms with E-state index in [1.54, 1.807) is 12.0 Å². The second-order valence-electron chi connectivity index (χ2n) is 8.24. The summed E-state index contributed by atoms with van der Waals surface area (Å²) in [4.78, 5) is 21.0. The lowest BCUT2D eigenvalue weighted by Gasteiger charge is -2.35. The maximum absolute atomic E-state index is 12.2. The Morgan fingerprint density at radius 3 is 2.47 bits per heavy atom. The second kappa shape index (κ2) is 11.6. The number of ether oxygens (including phenoxy) is 2. The van der Waals surface area contributed by atoms with Crippen LogP contribution in [0.4, 0.5) is 4.79 Å². The lowest BCUT2D eigenvalue weighted by atomic mass is 10.2. The molecule has 8 nitrogen and oxygen atoms in total. The van der Waals surface area contributed by atoms with Crippen LogP contribution in [0.5, 0.6) is 5.75 Å². The van der Waals surface area contributed by atoms with Crippen molar-refractivity contribution in [1.29, 1.82) is 0 Å². The number of methoxy groups -OCH3 is 1. The van der Waals surface area contributed by atoms with Crippen LogP contribution < -0.4 is 15.4 Å². The highest BCUT2D eigenvalue weighted by Gasteiger charge is 2.25. The van der Waals surface area contributed by atoms with Crippen molar-refractivity contribution in [2.24, 2.45) is 4.99 Å². The van der Waals surface area contributed by atoms with E-state index in [9.17, 15) is 4.79 Å². The summed E-state index contributed by atoms with van der Waals surface area (Å²) in [5, 5.41) is 6.67. The van der Waals surface area contributed by atoms with Gasteiger partial charge in [-0.1, -0.05) is 18.2 Å². The first kappa shape index (κ1) is 23.8. The van der Waals surface area contributed by atoms with Crippen LogP contribution in [0.1, 0.15) is 33.3 Å². The molecule has 1 aromatic carbocycles. The number of nitrogens with zero attached hydrogens (tertiary/aromatic N) is 3. The molecule has 1 amide bonds. The number of aliphatic imine (C=N–C) groups is 1. The van der Waals surface area contributed by atoms with Crippen LogP contribution in [0.25, 0.3) is 0 Å². The number of piperazine rings is 1. The van der Waals surface area contributed by atoms with Gasteiger partial charge in [0.05, 0.1) is 13.7 Å². The van der Waals surface area contributed by atoms with E-state index in [1.165, 1.54) is 0 Å². The van der Waals surface area contributed by atoms with Crippen molar-refractivity contribution < 1.29 is 14.3 Å². The lowest BCUT2D eigenvalue weighted by molar-refractivity contribution is 0.0147. The van der Waals surface area contributed by atoms with Gasteiger partial charge >= 0.3 is 6.09 Å². The molecule has 30 heavy (non-hydrogen) atoms. The molecule has 1 saturated heterocycles. The number of guanidine groups is 1. The minimum Gasteiger partial charge on any atom is -0.496 e. The Labute approximate surface area is 180 Å². The van der Waals surface area contributed by atoms with Gasteiger partial charge in [-0.2, -0.15) is 0 Å². The van der Waals surface area contributed by atoms with E-state index in [4.69, 9.17) is 9.47 Å². The highest BCUT2D eigenvalue weighted by atomic mass is 16.6. The van der Waals surface area contributed by atoms with Crippen LogP contribution in [0.15, 0.2) is 29.3 Å². The number of carbonyl (C=O) groups is 1. The van der Waals surface area contributed by atoms with Crippen molar-refractivity contribution in [1.82, 2.24) is 20.4 Å². The predicted molar refractivity (Wildman–Crippen MR) is 120 cm³/mol. The number of nitrogens with one attached hydrogen (secondary N) is 2. The molecular formula is C22H37N5O3. The Balaban J connectivity index is 1.76. The maximum atomic E-state index is 12.2. The minimum absolute atomic E-state index is 0.224. The topological polar surface area (TPSA) is 78.4 Å². The van der Waals surface area contributed by atoms with E-state index in [1.807, 2.05) is 45.0 Å². The molecular weight excluding hydrogens is 382 g/mol. The number of rotatable bonds is 7. The molecule has 0 unspecified atom stereocenters. The van der Waals surface area contributed by atoms with Gasteiger partial charge in [0.1, 0.15) is 11.4 Å². The number of para-hydroxylation sites is 1. The first-order chi connectivity index (χ1) is 14.3. The van der Waals surface area contributed by atoms with Crippen LogP contribution in [0.2, 0.25) is 0 Å². The van der Waals surface area contributed by atoms with Gasteiger partial charge < -0.3 is 25.0 Å². The molecule has 0 radical (unpaired) electrons.